The van der Waals surface area contributed by atoms with Crippen molar-refractivity contribution in [1.82, 2.24) is 0 Å². The van der Waals surface area contributed by atoms with Gasteiger partial charge >= 0.3 is 45.9 Å². The summed E-state index contributed by atoms with van der Waals surface area (Å²) in [6, 6.07) is 0. The molecule has 0 fully saturated rings. The van der Waals surface area contributed by atoms with Gasteiger partial charge in [-0.25, -0.2) is 0 Å². The van der Waals surface area contributed by atoms with E-state index in [0.717, 1.165) is 12.8 Å². The molecule has 0 atom stereocenters. The summed E-state index contributed by atoms with van der Waals surface area (Å²) in [5.74, 6) is -0.0763. The van der Waals surface area contributed by atoms with Crippen molar-refractivity contribution in [3.63, 3.8) is 0 Å². The number of carbonyl (C=O) groups is 1. The van der Waals surface area contributed by atoms with Crippen LogP contribution in [-0.4, -0.2) is 60.2 Å². The van der Waals surface area contributed by atoms with E-state index in [2.05, 4.69) is 23.8 Å². The molecule has 0 aromatic rings. The SMILES string of the molecule is CCCCCCCC/C=C\CCCCCCCC(=O)OC.O=S(=O)(O)O.[NaH]. The van der Waals surface area contributed by atoms with Crippen LogP contribution in [0.2, 0.25) is 0 Å². The molecule has 0 aromatic heterocycles. The summed E-state index contributed by atoms with van der Waals surface area (Å²) in [5.41, 5.74) is 0. The van der Waals surface area contributed by atoms with Crippen molar-refractivity contribution in [3.8, 4) is 0 Å². The Bertz CT molecular complexity index is 429. The van der Waals surface area contributed by atoms with Crippen LogP contribution in [0.3, 0.4) is 0 Å². The Morgan fingerprint density at radius 2 is 1.19 bits per heavy atom. The van der Waals surface area contributed by atoms with E-state index in [-0.39, 0.29) is 35.5 Å². The molecule has 0 saturated carbocycles. The number of methoxy groups -OCH3 is 1. The van der Waals surface area contributed by atoms with E-state index in [4.69, 9.17) is 17.5 Å². The van der Waals surface area contributed by atoms with Gasteiger partial charge < -0.3 is 4.74 Å². The monoisotopic (exact) mass is 418 g/mol. The summed E-state index contributed by atoms with van der Waals surface area (Å²) >= 11 is 0. The molecule has 8 heteroatoms. The molecule has 0 radical (unpaired) electrons. The van der Waals surface area contributed by atoms with Crippen LogP contribution in [0.25, 0.3) is 0 Å². The van der Waals surface area contributed by atoms with Gasteiger partial charge in [0, 0.05) is 6.42 Å². The first-order valence-corrected chi connectivity index (χ1v) is 11.1. The van der Waals surface area contributed by atoms with Gasteiger partial charge in [0.25, 0.3) is 0 Å². The van der Waals surface area contributed by atoms with Gasteiger partial charge in [-0.05, 0) is 32.1 Å². The molecule has 0 aliphatic heterocycles. The average Bonchev–Trinajstić information content (AvgIpc) is 2.56. The Morgan fingerprint density at radius 1 is 0.815 bits per heavy atom. The number of carbonyl (C=O) groups excluding carboxylic acids is 1. The van der Waals surface area contributed by atoms with E-state index < -0.39 is 10.4 Å². The van der Waals surface area contributed by atoms with Crippen LogP contribution < -0.4 is 0 Å². The standard InChI is InChI=1S/C19H36O2.Na.H2O4S.H/c1-3-4-5-6-7-8-9-10-11-12-13-14-15-16-17-18-19(20)21-2;;1-5(2,3)4;/h10-11H,3-9,12-18H2,1-2H3;;(H2,1,2,3,4);/b11-10-;;;. The van der Waals surface area contributed by atoms with Crippen LogP contribution in [0.4, 0.5) is 0 Å². The van der Waals surface area contributed by atoms with Gasteiger partial charge in [0.2, 0.25) is 0 Å². The number of rotatable bonds is 15. The Labute approximate surface area is 188 Å². The molecule has 0 aromatic carbocycles. The minimum absolute atomic E-state index is 0. The molecule has 0 saturated heterocycles. The second-order valence-electron chi connectivity index (χ2n) is 6.36. The van der Waals surface area contributed by atoms with E-state index in [0.29, 0.717) is 6.42 Å². The van der Waals surface area contributed by atoms with E-state index in [1.165, 1.54) is 77.7 Å². The summed E-state index contributed by atoms with van der Waals surface area (Å²) in [7, 11) is -3.21. The number of hydrogen-bond donors (Lipinski definition) is 2. The Hall–Kier alpha value is 0.0800. The Kier molecular flexibility index (Phi) is 28.4. The van der Waals surface area contributed by atoms with Gasteiger partial charge in [-0.1, -0.05) is 70.4 Å². The third kappa shape index (κ3) is 41.5. The van der Waals surface area contributed by atoms with Crippen molar-refractivity contribution in [2.24, 2.45) is 0 Å². The van der Waals surface area contributed by atoms with Crippen molar-refractivity contribution in [1.29, 1.82) is 0 Å². The quantitative estimate of drug-likeness (QED) is 0.129. The summed E-state index contributed by atoms with van der Waals surface area (Å²) < 4.78 is 36.2. The number of esters is 1. The third-order valence-corrected chi connectivity index (χ3v) is 3.87. The second-order valence-corrected chi connectivity index (χ2v) is 7.25. The van der Waals surface area contributed by atoms with Gasteiger partial charge in [0.05, 0.1) is 7.11 Å². The zero-order valence-corrected chi connectivity index (χ0v) is 17.3. The van der Waals surface area contributed by atoms with Crippen molar-refractivity contribution in [2.45, 2.75) is 96.8 Å². The summed E-state index contributed by atoms with van der Waals surface area (Å²) in [6.07, 6.45) is 22.0. The molecule has 0 aliphatic rings. The van der Waals surface area contributed by atoms with E-state index in [9.17, 15) is 4.79 Å². The molecule has 2 N–H and O–H groups in total. The molecule has 0 aliphatic carbocycles. The normalized spacial score (nSPS) is 10.8. The van der Waals surface area contributed by atoms with Crippen molar-refractivity contribution in [3.05, 3.63) is 12.2 Å². The van der Waals surface area contributed by atoms with Gasteiger partial charge in [0.1, 0.15) is 0 Å². The molecule has 0 amide bonds. The van der Waals surface area contributed by atoms with Crippen LogP contribution in [0.1, 0.15) is 96.8 Å². The molecular formula is C19H39NaO6S. The maximum atomic E-state index is 10.9. The molecule has 27 heavy (non-hydrogen) atoms. The molecule has 6 nitrogen and oxygen atoms in total. The Balaban J connectivity index is -0.000000844. The number of hydrogen-bond acceptors (Lipinski definition) is 4. The molecule has 0 heterocycles. The van der Waals surface area contributed by atoms with Gasteiger partial charge in [-0.15, -0.1) is 0 Å². The Morgan fingerprint density at radius 3 is 1.59 bits per heavy atom. The number of allylic oxidation sites excluding steroid dienone is 2. The molecule has 0 spiro atoms. The summed E-state index contributed by atoms with van der Waals surface area (Å²) in [5, 5.41) is 0. The van der Waals surface area contributed by atoms with Crippen LogP contribution in [0.15, 0.2) is 12.2 Å². The fraction of sp³-hybridized carbons (Fsp3) is 0.842. The number of unbranched alkanes of at least 4 members (excludes halogenated alkanes) is 11. The molecule has 0 rings (SSSR count). The minimum atomic E-state index is -4.67. The first-order chi connectivity index (χ1) is 12.3. The third-order valence-electron chi connectivity index (χ3n) is 3.87. The fourth-order valence-electron chi connectivity index (χ4n) is 2.44. The van der Waals surface area contributed by atoms with E-state index in [1.807, 2.05) is 0 Å². The summed E-state index contributed by atoms with van der Waals surface area (Å²) in [4.78, 5) is 10.9. The zero-order valence-electron chi connectivity index (χ0n) is 16.5. The summed E-state index contributed by atoms with van der Waals surface area (Å²) in [6.45, 7) is 2.27. The first kappa shape index (κ1) is 31.8. The average molecular weight is 419 g/mol. The molecule has 0 bridgehead atoms. The zero-order chi connectivity index (χ0) is 20.1. The van der Waals surface area contributed by atoms with Crippen molar-refractivity contribution < 1.29 is 27.1 Å². The van der Waals surface area contributed by atoms with Crippen LogP contribution in [0.5, 0.6) is 0 Å². The molecule has 0 unspecified atom stereocenters. The second kappa shape index (κ2) is 24.1. The maximum absolute atomic E-state index is 10.9. The van der Waals surface area contributed by atoms with Gasteiger partial charge in [0.15, 0.2) is 0 Å². The molecule has 158 valence electrons. The van der Waals surface area contributed by atoms with Gasteiger partial charge in [-0.3, -0.25) is 13.9 Å². The fourth-order valence-corrected chi connectivity index (χ4v) is 2.44. The van der Waals surface area contributed by atoms with Crippen molar-refractivity contribution >= 4 is 45.9 Å². The van der Waals surface area contributed by atoms with Crippen LogP contribution in [0, 0.1) is 0 Å². The van der Waals surface area contributed by atoms with Crippen LogP contribution in [-0.2, 0) is 19.9 Å². The van der Waals surface area contributed by atoms with Gasteiger partial charge in [-0.2, -0.15) is 8.42 Å². The van der Waals surface area contributed by atoms with E-state index >= 15 is 0 Å². The number of ether oxygens (including phenoxy) is 1. The first-order valence-electron chi connectivity index (χ1n) is 9.73. The predicted molar refractivity (Wildman–Crippen MR) is 113 cm³/mol. The predicted octanol–water partition coefficient (Wildman–Crippen LogP) is 4.90. The molecular weight excluding hydrogens is 379 g/mol. The van der Waals surface area contributed by atoms with Crippen LogP contribution >= 0.6 is 0 Å². The van der Waals surface area contributed by atoms with Crippen molar-refractivity contribution in [2.75, 3.05) is 7.11 Å². The topological polar surface area (TPSA) is 101 Å². The van der Waals surface area contributed by atoms with E-state index in [1.54, 1.807) is 0 Å².